The molecular weight excluding hydrogens is 265 g/mol. The van der Waals surface area contributed by atoms with E-state index < -0.39 is 5.41 Å². The quantitative estimate of drug-likeness (QED) is 0.667. The van der Waals surface area contributed by atoms with Crippen molar-refractivity contribution in [3.05, 3.63) is 66.0 Å². The van der Waals surface area contributed by atoms with Gasteiger partial charge in [-0.15, -0.1) is 0 Å². The maximum absolute atomic E-state index is 13.9. The molecule has 3 nitrogen and oxygen atoms in total. The van der Waals surface area contributed by atoms with Gasteiger partial charge in [-0.3, -0.25) is 4.99 Å². The molecule has 21 heavy (non-hydrogen) atoms. The molecule has 0 aliphatic heterocycles. The number of anilines is 1. The molecule has 4 heteroatoms. The number of aliphatic imine (C=N–C) groups is 1. The fourth-order valence-corrected chi connectivity index (χ4v) is 2.09. The molecular formula is C17H20FN3. The molecule has 0 spiro atoms. The Labute approximate surface area is 124 Å². The van der Waals surface area contributed by atoms with E-state index >= 15 is 0 Å². The van der Waals surface area contributed by atoms with E-state index in [1.165, 1.54) is 6.07 Å². The minimum Gasteiger partial charge on any atom is -0.370 e. The topological polar surface area (TPSA) is 50.4 Å². The van der Waals surface area contributed by atoms with Crippen LogP contribution in [0, 0.1) is 5.82 Å². The summed E-state index contributed by atoms with van der Waals surface area (Å²) in [5, 5.41) is 3.01. The predicted molar refractivity (Wildman–Crippen MR) is 86.0 cm³/mol. The summed E-state index contributed by atoms with van der Waals surface area (Å²) in [5.41, 5.74) is 6.97. The Morgan fingerprint density at radius 2 is 1.71 bits per heavy atom. The summed E-state index contributed by atoms with van der Waals surface area (Å²) in [6.07, 6.45) is 0. The fraction of sp³-hybridized carbons (Fsp3) is 0.235. The van der Waals surface area contributed by atoms with Crippen molar-refractivity contribution in [3.8, 4) is 0 Å². The zero-order valence-electron chi connectivity index (χ0n) is 12.3. The third-order valence-electron chi connectivity index (χ3n) is 3.29. The first-order valence-electron chi connectivity index (χ1n) is 6.86. The first-order chi connectivity index (χ1) is 9.99. The normalized spacial score (nSPS) is 12.2. The highest BCUT2D eigenvalue weighted by atomic mass is 19.1. The zero-order chi connectivity index (χ0) is 15.3. The molecule has 2 aromatic carbocycles. The van der Waals surface area contributed by atoms with Crippen molar-refractivity contribution in [1.29, 1.82) is 0 Å². The number of para-hydroxylation sites is 1. The number of nitrogens with zero attached hydrogens (tertiary/aromatic N) is 1. The van der Waals surface area contributed by atoms with E-state index in [1.54, 1.807) is 12.1 Å². The average Bonchev–Trinajstić information content (AvgIpc) is 2.47. The number of hydrogen-bond donors (Lipinski definition) is 2. The monoisotopic (exact) mass is 285 g/mol. The summed E-state index contributed by atoms with van der Waals surface area (Å²) in [7, 11) is 0. The minimum absolute atomic E-state index is 0.215. The van der Waals surface area contributed by atoms with E-state index in [2.05, 4.69) is 10.3 Å². The van der Waals surface area contributed by atoms with Gasteiger partial charge in [-0.25, -0.2) is 4.39 Å². The van der Waals surface area contributed by atoms with Crippen molar-refractivity contribution in [1.82, 2.24) is 0 Å². The van der Waals surface area contributed by atoms with Crippen LogP contribution < -0.4 is 11.1 Å². The van der Waals surface area contributed by atoms with Gasteiger partial charge in [0.25, 0.3) is 0 Å². The highest BCUT2D eigenvalue weighted by molar-refractivity contribution is 5.92. The number of nitrogens with two attached hydrogens (primary N) is 1. The fourth-order valence-electron chi connectivity index (χ4n) is 2.09. The largest absolute Gasteiger partial charge is 0.370 e. The van der Waals surface area contributed by atoms with E-state index in [1.807, 2.05) is 50.2 Å². The molecule has 110 valence electrons. The highest BCUT2D eigenvalue weighted by Gasteiger charge is 2.23. The third kappa shape index (κ3) is 4.05. The van der Waals surface area contributed by atoms with Gasteiger partial charge in [0.05, 0.1) is 6.54 Å². The average molecular weight is 285 g/mol. The second-order valence-electron chi connectivity index (χ2n) is 5.56. The number of benzene rings is 2. The van der Waals surface area contributed by atoms with Crippen molar-refractivity contribution >= 4 is 11.6 Å². The van der Waals surface area contributed by atoms with Gasteiger partial charge in [-0.05, 0) is 23.8 Å². The molecule has 0 amide bonds. The van der Waals surface area contributed by atoms with E-state index in [9.17, 15) is 4.39 Å². The highest BCUT2D eigenvalue weighted by Crippen LogP contribution is 2.25. The van der Waals surface area contributed by atoms with Crippen molar-refractivity contribution in [2.75, 3.05) is 11.9 Å². The summed E-state index contributed by atoms with van der Waals surface area (Å²) in [5.74, 6) is 0.109. The Kier molecular flexibility index (Phi) is 4.58. The van der Waals surface area contributed by atoms with Gasteiger partial charge in [0, 0.05) is 11.1 Å². The molecule has 0 heterocycles. The molecule has 0 aromatic heterocycles. The minimum atomic E-state index is -0.422. The Bertz CT molecular complexity index is 621. The second-order valence-corrected chi connectivity index (χ2v) is 5.56. The molecule has 0 aliphatic rings. The maximum atomic E-state index is 13.9. The number of nitrogens with one attached hydrogen (secondary N) is 1. The van der Waals surface area contributed by atoms with Crippen LogP contribution in [0.4, 0.5) is 10.1 Å². The van der Waals surface area contributed by atoms with Crippen molar-refractivity contribution in [2.45, 2.75) is 19.3 Å². The van der Waals surface area contributed by atoms with Crippen LogP contribution in [0.25, 0.3) is 0 Å². The molecule has 0 unspecified atom stereocenters. The Morgan fingerprint density at radius 1 is 1.10 bits per heavy atom. The Hall–Kier alpha value is -2.36. The van der Waals surface area contributed by atoms with Crippen LogP contribution in [0.5, 0.6) is 0 Å². The smallest absolute Gasteiger partial charge is 0.193 e. The summed E-state index contributed by atoms with van der Waals surface area (Å²) in [4.78, 5) is 4.33. The van der Waals surface area contributed by atoms with E-state index in [0.717, 1.165) is 5.69 Å². The molecule has 2 rings (SSSR count). The van der Waals surface area contributed by atoms with Crippen molar-refractivity contribution in [2.24, 2.45) is 10.7 Å². The molecule has 2 aromatic rings. The predicted octanol–water partition coefficient (Wildman–Crippen LogP) is 3.53. The molecule has 0 saturated heterocycles. The van der Waals surface area contributed by atoms with Crippen LogP contribution in [0.15, 0.2) is 59.6 Å². The molecule has 0 atom stereocenters. The number of hydrogen-bond acceptors (Lipinski definition) is 1. The van der Waals surface area contributed by atoms with Gasteiger partial charge in [-0.1, -0.05) is 50.2 Å². The second kappa shape index (κ2) is 6.39. The van der Waals surface area contributed by atoms with Crippen LogP contribution in [-0.2, 0) is 5.41 Å². The third-order valence-corrected chi connectivity index (χ3v) is 3.29. The molecule has 0 bridgehead atoms. The molecule has 0 aliphatic carbocycles. The van der Waals surface area contributed by atoms with Gasteiger partial charge < -0.3 is 11.1 Å². The Morgan fingerprint density at radius 3 is 2.38 bits per heavy atom. The molecule has 0 saturated carbocycles. The molecule has 0 fully saturated rings. The van der Waals surface area contributed by atoms with Crippen LogP contribution in [0.1, 0.15) is 19.4 Å². The van der Waals surface area contributed by atoms with E-state index in [0.29, 0.717) is 18.1 Å². The summed E-state index contributed by atoms with van der Waals surface area (Å²) < 4.78 is 13.9. The van der Waals surface area contributed by atoms with Gasteiger partial charge in [0.2, 0.25) is 0 Å². The van der Waals surface area contributed by atoms with Crippen LogP contribution in [0.3, 0.4) is 0 Å². The molecule has 0 radical (unpaired) electrons. The molecule has 3 N–H and O–H groups in total. The van der Waals surface area contributed by atoms with Crippen LogP contribution in [0.2, 0.25) is 0 Å². The van der Waals surface area contributed by atoms with E-state index in [-0.39, 0.29) is 5.82 Å². The lowest BCUT2D eigenvalue weighted by Crippen LogP contribution is -2.28. The SMILES string of the molecule is CC(C)(CN=C(N)Nc1ccccc1)c1ccccc1F. The summed E-state index contributed by atoms with van der Waals surface area (Å²) >= 11 is 0. The summed E-state index contributed by atoms with van der Waals surface area (Å²) in [6.45, 7) is 4.30. The van der Waals surface area contributed by atoms with Crippen molar-refractivity contribution < 1.29 is 4.39 Å². The Balaban J connectivity index is 2.07. The van der Waals surface area contributed by atoms with Gasteiger partial charge in [0.1, 0.15) is 5.82 Å². The van der Waals surface area contributed by atoms with E-state index in [4.69, 9.17) is 5.73 Å². The van der Waals surface area contributed by atoms with Gasteiger partial charge in [-0.2, -0.15) is 0 Å². The lowest BCUT2D eigenvalue weighted by Gasteiger charge is -2.23. The van der Waals surface area contributed by atoms with Crippen LogP contribution >= 0.6 is 0 Å². The van der Waals surface area contributed by atoms with Gasteiger partial charge >= 0.3 is 0 Å². The van der Waals surface area contributed by atoms with Gasteiger partial charge in [0.15, 0.2) is 5.96 Å². The zero-order valence-corrected chi connectivity index (χ0v) is 12.3. The number of guanidine groups is 1. The number of halogens is 1. The van der Waals surface area contributed by atoms with Crippen molar-refractivity contribution in [3.63, 3.8) is 0 Å². The first-order valence-corrected chi connectivity index (χ1v) is 6.86. The number of rotatable bonds is 4. The first kappa shape index (κ1) is 15.0. The summed E-state index contributed by atoms with van der Waals surface area (Å²) in [6, 6.07) is 16.3. The van der Waals surface area contributed by atoms with Crippen LogP contribution in [-0.4, -0.2) is 12.5 Å². The maximum Gasteiger partial charge on any atom is 0.193 e. The standard InChI is InChI=1S/C17H20FN3/c1-17(2,14-10-6-7-11-15(14)18)12-20-16(19)21-13-8-4-3-5-9-13/h3-11H,12H2,1-2H3,(H3,19,20,21). The lowest BCUT2D eigenvalue weighted by molar-refractivity contribution is 0.494. The lowest BCUT2D eigenvalue weighted by atomic mass is 9.84.